The molecule has 0 aromatic rings. The van der Waals surface area contributed by atoms with E-state index in [1.165, 1.54) is 0 Å². The number of likely N-dealkylation sites (tertiary alicyclic amines) is 1. The number of hydrogen-bond donors (Lipinski definition) is 1. The van der Waals surface area contributed by atoms with E-state index in [-0.39, 0.29) is 12.3 Å². The van der Waals surface area contributed by atoms with Crippen LogP contribution in [-0.2, 0) is 14.3 Å². The lowest BCUT2D eigenvalue weighted by atomic mass is 10.1. The van der Waals surface area contributed by atoms with Crippen molar-refractivity contribution in [2.24, 2.45) is 0 Å². The standard InChI is InChI=1S/C15H27NO4/c1-2-12-20-13-6-5-10-16(11-9-13)14(17)7-3-4-8-15(18)19/h13H,2-12H2,1H3,(H,18,19). The van der Waals surface area contributed by atoms with E-state index in [9.17, 15) is 9.59 Å². The Hall–Kier alpha value is -1.10. The Labute approximate surface area is 121 Å². The third-order valence-corrected chi connectivity index (χ3v) is 3.62. The van der Waals surface area contributed by atoms with E-state index in [2.05, 4.69) is 6.92 Å². The molecule has 20 heavy (non-hydrogen) atoms. The number of carbonyl (C=O) groups excluding carboxylic acids is 1. The number of carbonyl (C=O) groups is 2. The van der Waals surface area contributed by atoms with Crippen LogP contribution in [0.15, 0.2) is 0 Å². The van der Waals surface area contributed by atoms with Crippen molar-refractivity contribution in [2.75, 3.05) is 19.7 Å². The monoisotopic (exact) mass is 285 g/mol. The highest BCUT2D eigenvalue weighted by Gasteiger charge is 2.20. The fourth-order valence-corrected chi connectivity index (χ4v) is 2.48. The summed E-state index contributed by atoms with van der Waals surface area (Å²) in [6, 6.07) is 0. The molecule has 5 heteroatoms. The lowest BCUT2D eigenvalue weighted by molar-refractivity contribution is -0.137. The van der Waals surface area contributed by atoms with Crippen molar-refractivity contribution in [1.82, 2.24) is 4.90 Å². The fraction of sp³-hybridized carbons (Fsp3) is 0.867. The number of aliphatic carboxylic acids is 1. The average molecular weight is 285 g/mol. The lowest BCUT2D eigenvalue weighted by Crippen LogP contribution is -2.32. The maximum atomic E-state index is 12.1. The van der Waals surface area contributed by atoms with E-state index in [4.69, 9.17) is 9.84 Å². The van der Waals surface area contributed by atoms with Crippen LogP contribution in [0.1, 0.15) is 58.3 Å². The van der Waals surface area contributed by atoms with Crippen molar-refractivity contribution in [3.8, 4) is 0 Å². The normalized spacial score (nSPS) is 19.6. The molecule has 0 aromatic carbocycles. The highest BCUT2D eigenvalue weighted by molar-refractivity contribution is 5.76. The van der Waals surface area contributed by atoms with Gasteiger partial charge in [-0.15, -0.1) is 0 Å². The number of amides is 1. The van der Waals surface area contributed by atoms with Gasteiger partial charge in [-0.1, -0.05) is 6.92 Å². The second-order valence-corrected chi connectivity index (χ2v) is 5.41. The molecule has 1 atom stereocenters. The number of unbranched alkanes of at least 4 members (excludes halogenated alkanes) is 1. The van der Waals surface area contributed by atoms with E-state index in [1.54, 1.807) is 0 Å². The highest BCUT2D eigenvalue weighted by atomic mass is 16.5. The van der Waals surface area contributed by atoms with Gasteiger partial charge < -0.3 is 14.7 Å². The minimum Gasteiger partial charge on any atom is -0.481 e. The number of ether oxygens (including phenoxy) is 1. The van der Waals surface area contributed by atoms with Crippen LogP contribution in [0.5, 0.6) is 0 Å². The summed E-state index contributed by atoms with van der Waals surface area (Å²) in [5.74, 6) is -0.630. The van der Waals surface area contributed by atoms with Gasteiger partial charge in [-0.3, -0.25) is 9.59 Å². The molecular formula is C15H27NO4. The number of nitrogens with zero attached hydrogens (tertiary/aromatic N) is 1. The Kier molecular flexibility index (Phi) is 8.26. The molecular weight excluding hydrogens is 258 g/mol. The third kappa shape index (κ3) is 6.89. The van der Waals surface area contributed by atoms with Crippen LogP contribution in [0.2, 0.25) is 0 Å². The lowest BCUT2D eigenvalue weighted by Gasteiger charge is -2.20. The van der Waals surface area contributed by atoms with Gasteiger partial charge in [0.05, 0.1) is 6.10 Å². The second kappa shape index (κ2) is 9.75. The van der Waals surface area contributed by atoms with E-state index in [0.717, 1.165) is 45.4 Å². The van der Waals surface area contributed by atoms with Crippen molar-refractivity contribution < 1.29 is 19.4 Å². The summed E-state index contributed by atoms with van der Waals surface area (Å²) in [6.07, 6.45) is 6.13. The van der Waals surface area contributed by atoms with Crippen LogP contribution in [-0.4, -0.2) is 47.7 Å². The highest BCUT2D eigenvalue weighted by Crippen LogP contribution is 2.16. The third-order valence-electron chi connectivity index (χ3n) is 3.62. The van der Waals surface area contributed by atoms with Crippen LogP contribution >= 0.6 is 0 Å². The summed E-state index contributed by atoms with van der Waals surface area (Å²) in [5, 5.41) is 8.56. The zero-order valence-corrected chi connectivity index (χ0v) is 12.5. The molecule has 1 aliphatic heterocycles. The molecule has 1 saturated heterocycles. The molecule has 0 aliphatic carbocycles. The number of hydrogen-bond acceptors (Lipinski definition) is 3. The van der Waals surface area contributed by atoms with E-state index < -0.39 is 5.97 Å². The minimum absolute atomic E-state index is 0.153. The maximum Gasteiger partial charge on any atom is 0.303 e. The molecule has 0 saturated carbocycles. The summed E-state index contributed by atoms with van der Waals surface area (Å²) < 4.78 is 5.76. The number of rotatable bonds is 8. The SMILES string of the molecule is CCCOC1CCCN(C(=O)CCCCC(=O)O)CC1. The zero-order valence-electron chi connectivity index (χ0n) is 12.5. The molecule has 1 unspecified atom stereocenters. The van der Waals surface area contributed by atoms with Gasteiger partial charge in [0.25, 0.3) is 0 Å². The van der Waals surface area contributed by atoms with Crippen molar-refractivity contribution in [2.45, 2.75) is 64.4 Å². The van der Waals surface area contributed by atoms with E-state index >= 15 is 0 Å². The van der Waals surface area contributed by atoms with Gasteiger partial charge in [-0.25, -0.2) is 0 Å². The van der Waals surface area contributed by atoms with Gasteiger partial charge in [0.1, 0.15) is 0 Å². The molecule has 0 bridgehead atoms. The Morgan fingerprint density at radius 2 is 1.95 bits per heavy atom. The second-order valence-electron chi connectivity index (χ2n) is 5.41. The van der Waals surface area contributed by atoms with Crippen molar-refractivity contribution in [3.63, 3.8) is 0 Å². The molecule has 1 heterocycles. The van der Waals surface area contributed by atoms with Crippen LogP contribution in [0.3, 0.4) is 0 Å². The Bertz CT molecular complexity index is 306. The first kappa shape index (κ1) is 17.0. The Balaban J connectivity index is 2.22. The molecule has 5 nitrogen and oxygen atoms in total. The van der Waals surface area contributed by atoms with Crippen LogP contribution < -0.4 is 0 Å². The van der Waals surface area contributed by atoms with E-state index in [1.807, 2.05) is 4.90 Å². The van der Waals surface area contributed by atoms with Crippen molar-refractivity contribution in [1.29, 1.82) is 0 Å². The summed E-state index contributed by atoms with van der Waals surface area (Å²) in [4.78, 5) is 24.4. The summed E-state index contributed by atoms with van der Waals surface area (Å²) in [6.45, 7) is 4.48. The molecule has 116 valence electrons. The molecule has 1 rings (SSSR count). The largest absolute Gasteiger partial charge is 0.481 e. The quantitative estimate of drug-likeness (QED) is 0.696. The Morgan fingerprint density at radius 1 is 1.20 bits per heavy atom. The van der Waals surface area contributed by atoms with Crippen LogP contribution in [0, 0.1) is 0 Å². The average Bonchev–Trinajstić information content (AvgIpc) is 2.66. The molecule has 1 fully saturated rings. The van der Waals surface area contributed by atoms with Crippen LogP contribution in [0.4, 0.5) is 0 Å². The first-order valence-electron chi connectivity index (χ1n) is 7.74. The van der Waals surface area contributed by atoms with E-state index in [0.29, 0.717) is 25.4 Å². The molecule has 0 radical (unpaired) electrons. The maximum absolute atomic E-state index is 12.1. The summed E-state index contributed by atoms with van der Waals surface area (Å²) in [5.41, 5.74) is 0. The first-order valence-corrected chi connectivity index (χ1v) is 7.74. The predicted octanol–water partition coefficient (Wildman–Crippen LogP) is 2.44. The van der Waals surface area contributed by atoms with Gasteiger partial charge in [0, 0.05) is 32.5 Å². The molecule has 1 amide bonds. The summed E-state index contributed by atoms with van der Waals surface area (Å²) in [7, 11) is 0. The van der Waals surface area contributed by atoms with Gasteiger partial charge in [0.2, 0.25) is 5.91 Å². The Morgan fingerprint density at radius 3 is 2.65 bits per heavy atom. The topological polar surface area (TPSA) is 66.8 Å². The van der Waals surface area contributed by atoms with Crippen molar-refractivity contribution >= 4 is 11.9 Å². The zero-order chi connectivity index (χ0) is 14.8. The fourth-order valence-electron chi connectivity index (χ4n) is 2.48. The molecule has 1 aliphatic rings. The van der Waals surface area contributed by atoms with Crippen LogP contribution in [0.25, 0.3) is 0 Å². The first-order chi connectivity index (χ1) is 9.63. The predicted molar refractivity (Wildman–Crippen MR) is 76.6 cm³/mol. The van der Waals surface area contributed by atoms with Gasteiger partial charge in [0.15, 0.2) is 0 Å². The molecule has 0 aromatic heterocycles. The smallest absolute Gasteiger partial charge is 0.303 e. The molecule has 1 N–H and O–H groups in total. The molecule has 0 spiro atoms. The van der Waals surface area contributed by atoms with Gasteiger partial charge in [-0.05, 0) is 38.5 Å². The number of carboxylic acid groups (broad SMARTS) is 1. The van der Waals surface area contributed by atoms with Crippen molar-refractivity contribution in [3.05, 3.63) is 0 Å². The number of carboxylic acids is 1. The van der Waals surface area contributed by atoms with Gasteiger partial charge >= 0.3 is 5.97 Å². The van der Waals surface area contributed by atoms with Gasteiger partial charge in [-0.2, -0.15) is 0 Å². The minimum atomic E-state index is -0.789. The summed E-state index contributed by atoms with van der Waals surface area (Å²) >= 11 is 0.